The predicted molar refractivity (Wildman–Crippen MR) is 130 cm³/mol. The largest absolute Gasteiger partial charge is 0.496 e. The number of carbonyl (C=O) groups is 1. The van der Waals surface area contributed by atoms with Crippen LogP contribution >= 0.6 is 0 Å². The lowest BCUT2D eigenvalue weighted by Crippen LogP contribution is -2.38. The van der Waals surface area contributed by atoms with E-state index in [0.717, 1.165) is 68.3 Å². The number of carbonyl (C=O) groups excluding carboxylic acids is 1. The van der Waals surface area contributed by atoms with Gasteiger partial charge in [-0.2, -0.15) is 0 Å². The Labute approximate surface area is 192 Å². The van der Waals surface area contributed by atoms with Gasteiger partial charge in [-0.1, -0.05) is 29.8 Å². The van der Waals surface area contributed by atoms with E-state index in [1.54, 1.807) is 7.11 Å². The van der Waals surface area contributed by atoms with Crippen molar-refractivity contribution in [2.24, 2.45) is 4.99 Å². The second-order valence-electron chi connectivity index (χ2n) is 8.24. The van der Waals surface area contributed by atoms with Crippen LogP contribution in [0.5, 0.6) is 5.75 Å². The van der Waals surface area contributed by atoms with Crippen LogP contribution in [-0.4, -0.2) is 50.1 Å². The summed E-state index contributed by atoms with van der Waals surface area (Å²) in [6.07, 6.45) is 4.29. The maximum Gasteiger partial charge on any atom is 0.253 e. The zero-order valence-electron chi connectivity index (χ0n) is 19.6. The molecule has 1 aliphatic rings. The third-order valence-electron chi connectivity index (χ3n) is 5.73. The van der Waals surface area contributed by atoms with Crippen LogP contribution in [0, 0.1) is 6.92 Å². The Morgan fingerprint density at radius 1 is 1.06 bits per heavy atom. The number of rotatable bonds is 8. The van der Waals surface area contributed by atoms with Gasteiger partial charge in [-0.05, 0) is 68.9 Å². The predicted octanol–water partition coefficient (Wildman–Crippen LogP) is 3.93. The molecule has 2 aromatic carbocycles. The number of benzene rings is 2. The Bertz CT molecular complexity index is 903. The van der Waals surface area contributed by atoms with Crippen LogP contribution in [-0.2, 0) is 13.0 Å². The lowest BCUT2D eigenvalue weighted by atomic mass is 10.1. The van der Waals surface area contributed by atoms with E-state index in [-0.39, 0.29) is 5.91 Å². The summed E-state index contributed by atoms with van der Waals surface area (Å²) in [4.78, 5) is 19.3. The number of hydrogen-bond donors (Lipinski definition) is 2. The first kappa shape index (κ1) is 23.6. The Morgan fingerprint density at radius 3 is 2.50 bits per heavy atom. The van der Waals surface area contributed by atoms with Gasteiger partial charge in [0, 0.05) is 31.7 Å². The SMILES string of the molecule is CCNC(=NCc1ccc(C(=O)N2CCCCC2)cc1)NCCc1cc(C)ccc1OC. The molecule has 0 saturated carbocycles. The van der Waals surface area contributed by atoms with E-state index in [4.69, 9.17) is 9.73 Å². The highest BCUT2D eigenvalue weighted by Gasteiger charge is 2.17. The molecule has 0 spiro atoms. The molecule has 32 heavy (non-hydrogen) atoms. The first-order valence-electron chi connectivity index (χ1n) is 11.6. The lowest BCUT2D eigenvalue weighted by molar-refractivity contribution is 0.0724. The first-order valence-corrected chi connectivity index (χ1v) is 11.6. The van der Waals surface area contributed by atoms with Gasteiger partial charge < -0.3 is 20.3 Å². The van der Waals surface area contributed by atoms with Gasteiger partial charge in [-0.25, -0.2) is 4.99 Å². The number of hydrogen-bond acceptors (Lipinski definition) is 3. The molecule has 0 aromatic heterocycles. The number of likely N-dealkylation sites (tertiary alicyclic amines) is 1. The minimum absolute atomic E-state index is 0.140. The van der Waals surface area contributed by atoms with Gasteiger partial charge >= 0.3 is 0 Å². The summed E-state index contributed by atoms with van der Waals surface area (Å²) in [5, 5.41) is 6.70. The topological polar surface area (TPSA) is 66.0 Å². The lowest BCUT2D eigenvalue weighted by Gasteiger charge is -2.26. The number of aliphatic imine (C=N–C) groups is 1. The number of nitrogens with zero attached hydrogens (tertiary/aromatic N) is 2. The Kier molecular flexibility index (Phi) is 8.96. The molecule has 2 aromatic rings. The van der Waals surface area contributed by atoms with Gasteiger partial charge in [0.1, 0.15) is 5.75 Å². The van der Waals surface area contributed by atoms with Crippen LogP contribution in [0.3, 0.4) is 0 Å². The average Bonchev–Trinajstić information content (AvgIpc) is 2.83. The molecule has 3 rings (SSSR count). The maximum absolute atomic E-state index is 12.6. The summed E-state index contributed by atoms with van der Waals surface area (Å²) < 4.78 is 5.48. The van der Waals surface area contributed by atoms with Crippen LogP contribution in [0.4, 0.5) is 0 Å². The third kappa shape index (κ3) is 6.74. The molecule has 1 heterocycles. The van der Waals surface area contributed by atoms with E-state index in [2.05, 4.69) is 36.6 Å². The molecule has 1 fully saturated rings. The molecule has 1 saturated heterocycles. The van der Waals surface area contributed by atoms with Gasteiger partial charge in [0.25, 0.3) is 5.91 Å². The highest BCUT2D eigenvalue weighted by molar-refractivity contribution is 5.94. The fourth-order valence-corrected chi connectivity index (χ4v) is 3.96. The number of piperidine rings is 1. The van der Waals surface area contributed by atoms with Gasteiger partial charge in [-0.15, -0.1) is 0 Å². The van der Waals surface area contributed by atoms with Crippen LogP contribution in [0.15, 0.2) is 47.5 Å². The standard InChI is InChI=1S/C26H36N4O2/c1-4-27-26(28-15-14-23-18-20(2)8-13-24(23)32-3)29-19-21-9-11-22(12-10-21)25(31)30-16-6-5-7-17-30/h8-13,18H,4-7,14-17,19H2,1-3H3,(H2,27,28,29). The number of ether oxygens (including phenoxy) is 1. The van der Waals surface area contributed by atoms with Crippen LogP contribution in [0.2, 0.25) is 0 Å². The molecule has 6 nitrogen and oxygen atoms in total. The highest BCUT2D eigenvalue weighted by atomic mass is 16.5. The Morgan fingerprint density at radius 2 is 1.81 bits per heavy atom. The van der Waals surface area contributed by atoms with Crippen molar-refractivity contribution in [3.05, 3.63) is 64.7 Å². The highest BCUT2D eigenvalue weighted by Crippen LogP contribution is 2.19. The van der Waals surface area contributed by atoms with Crippen molar-refractivity contribution in [3.63, 3.8) is 0 Å². The van der Waals surface area contributed by atoms with E-state index in [1.165, 1.54) is 17.5 Å². The van der Waals surface area contributed by atoms with Crippen molar-refractivity contribution < 1.29 is 9.53 Å². The monoisotopic (exact) mass is 436 g/mol. The minimum Gasteiger partial charge on any atom is -0.496 e. The fraction of sp³-hybridized carbons (Fsp3) is 0.462. The molecule has 6 heteroatoms. The van der Waals surface area contributed by atoms with Gasteiger partial charge in [-0.3, -0.25) is 4.79 Å². The number of guanidine groups is 1. The Balaban J connectivity index is 1.55. The minimum atomic E-state index is 0.140. The van der Waals surface area contributed by atoms with E-state index in [1.807, 2.05) is 35.2 Å². The third-order valence-corrected chi connectivity index (χ3v) is 5.73. The van der Waals surface area contributed by atoms with E-state index in [9.17, 15) is 4.79 Å². The van der Waals surface area contributed by atoms with Crippen molar-refractivity contribution in [1.82, 2.24) is 15.5 Å². The fourth-order valence-electron chi connectivity index (χ4n) is 3.96. The van der Waals surface area contributed by atoms with Crippen molar-refractivity contribution in [2.45, 2.75) is 46.1 Å². The number of methoxy groups -OCH3 is 1. The number of amides is 1. The summed E-state index contributed by atoms with van der Waals surface area (Å²) in [6.45, 7) is 8.00. The van der Waals surface area contributed by atoms with Crippen LogP contribution in [0.25, 0.3) is 0 Å². The molecule has 0 bridgehead atoms. The summed E-state index contributed by atoms with van der Waals surface area (Å²) in [7, 11) is 1.71. The summed E-state index contributed by atoms with van der Waals surface area (Å²) >= 11 is 0. The number of aryl methyl sites for hydroxylation is 1. The van der Waals surface area contributed by atoms with Crippen molar-refractivity contribution in [1.29, 1.82) is 0 Å². The molecule has 0 unspecified atom stereocenters. The van der Waals surface area contributed by atoms with Gasteiger partial charge in [0.05, 0.1) is 13.7 Å². The van der Waals surface area contributed by atoms with Crippen molar-refractivity contribution in [2.75, 3.05) is 33.3 Å². The molecule has 1 aliphatic heterocycles. The number of nitrogens with one attached hydrogen (secondary N) is 2. The molecular weight excluding hydrogens is 400 g/mol. The zero-order valence-corrected chi connectivity index (χ0v) is 19.6. The molecule has 0 aliphatic carbocycles. The van der Waals surface area contributed by atoms with Gasteiger partial charge in [0.2, 0.25) is 0 Å². The normalized spacial score (nSPS) is 14.2. The summed E-state index contributed by atoms with van der Waals surface area (Å²) in [5.74, 6) is 1.84. The van der Waals surface area contributed by atoms with Crippen molar-refractivity contribution in [3.8, 4) is 5.75 Å². The van der Waals surface area contributed by atoms with Crippen LogP contribution < -0.4 is 15.4 Å². The van der Waals surface area contributed by atoms with Crippen LogP contribution in [0.1, 0.15) is 53.2 Å². The maximum atomic E-state index is 12.6. The first-order chi connectivity index (χ1) is 15.6. The molecule has 172 valence electrons. The van der Waals surface area contributed by atoms with Gasteiger partial charge in [0.15, 0.2) is 5.96 Å². The average molecular weight is 437 g/mol. The smallest absolute Gasteiger partial charge is 0.253 e. The second-order valence-corrected chi connectivity index (χ2v) is 8.24. The van der Waals surface area contributed by atoms with E-state index in [0.29, 0.717) is 6.54 Å². The summed E-state index contributed by atoms with van der Waals surface area (Å²) in [6, 6.07) is 14.1. The van der Waals surface area contributed by atoms with E-state index < -0.39 is 0 Å². The molecular formula is C26H36N4O2. The molecule has 1 amide bonds. The van der Waals surface area contributed by atoms with E-state index >= 15 is 0 Å². The molecule has 0 radical (unpaired) electrons. The Hall–Kier alpha value is -3.02. The summed E-state index contributed by atoms with van der Waals surface area (Å²) in [5.41, 5.74) is 4.25. The second kappa shape index (κ2) is 12.1. The molecule has 0 atom stereocenters. The van der Waals surface area contributed by atoms with Crippen molar-refractivity contribution >= 4 is 11.9 Å². The quantitative estimate of drug-likeness (QED) is 0.486. The zero-order chi connectivity index (χ0) is 22.8. The molecule has 2 N–H and O–H groups in total.